The summed E-state index contributed by atoms with van der Waals surface area (Å²) in [6.45, 7) is 15.5. The van der Waals surface area contributed by atoms with E-state index < -0.39 is 0 Å². The van der Waals surface area contributed by atoms with Gasteiger partial charge in [0.2, 0.25) is 0 Å². The van der Waals surface area contributed by atoms with E-state index in [0.717, 1.165) is 52.2 Å². The van der Waals surface area contributed by atoms with E-state index in [0.29, 0.717) is 0 Å². The van der Waals surface area contributed by atoms with Crippen molar-refractivity contribution >= 4 is 6.03 Å². The van der Waals surface area contributed by atoms with E-state index >= 15 is 0 Å². The molecule has 2 amide bonds. The molecule has 1 saturated heterocycles. The minimum absolute atomic E-state index is 0.181. The molecule has 0 N–H and O–H groups in total. The lowest BCUT2D eigenvalue weighted by molar-refractivity contribution is 0.126. The van der Waals surface area contributed by atoms with Crippen molar-refractivity contribution in [1.82, 2.24) is 14.7 Å². The third-order valence-electron chi connectivity index (χ3n) is 3.24. The molecule has 0 aromatic heterocycles. The monoisotopic (exact) mass is 251 g/mol. The first-order chi connectivity index (χ1) is 8.72. The SMILES string of the molecule is C=CCN(CC=C)CCN1CCCN(CC)C1=O. The molecule has 0 unspecified atom stereocenters. The van der Waals surface area contributed by atoms with Crippen LogP contribution in [0, 0.1) is 0 Å². The van der Waals surface area contributed by atoms with Crippen LogP contribution in [0.2, 0.25) is 0 Å². The van der Waals surface area contributed by atoms with Crippen LogP contribution < -0.4 is 0 Å². The zero-order chi connectivity index (χ0) is 13.4. The van der Waals surface area contributed by atoms with Crippen LogP contribution in [0.1, 0.15) is 13.3 Å². The fourth-order valence-electron chi connectivity index (χ4n) is 2.23. The Morgan fingerprint density at radius 3 is 2.39 bits per heavy atom. The van der Waals surface area contributed by atoms with Crippen molar-refractivity contribution in [3.8, 4) is 0 Å². The molecule has 0 spiro atoms. The highest BCUT2D eigenvalue weighted by Gasteiger charge is 2.23. The third-order valence-corrected chi connectivity index (χ3v) is 3.24. The van der Waals surface area contributed by atoms with Gasteiger partial charge in [0.1, 0.15) is 0 Å². The van der Waals surface area contributed by atoms with E-state index in [-0.39, 0.29) is 6.03 Å². The number of hydrogen-bond acceptors (Lipinski definition) is 2. The van der Waals surface area contributed by atoms with E-state index in [1.165, 1.54) is 0 Å². The van der Waals surface area contributed by atoms with Crippen molar-refractivity contribution < 1.29 is 4.79 Å². The molecule has 0 saturated carbocycles. The number of carbonyl (C=O) groups excluding carboxylic acids is 1. The Balaban J connectivity index is 2.42. The third kappa shape index (κ3) is 4.18. The van der Waals surface area contributed by atoms with Crippen LogP contribution in [-0.4, -0.2) is 66.5 Å². The lowest BCUT2D eigenvalue weighted by Crippen LogP contribution is -2.51. The molecular formula is C14H25N3O. The molecule has 0 aliphatic carbocycles. The highest BCUT2D eigenvalue weighted by molar-refractivity contribution is 5.75. The van der Waals surface area contributed by atoms with Gasteiger partial charge in [0.25, 0.3) is 0 Å². The van der Waals surface area contributed by atoms with Gasteiger partial charge >= 0.3 is 6.03 Å². The van der Waals surface area contributed by atoms with Gasteiger partial charge in [-0.3, -0.25) is 4.90 Å². The summed E-state index contributed by atoms with van der Waals surface area (Å²) in [5.74, 6) is 0. The second-order valence-electron chi connectivity index (χ2n) is 4.54. The molecule has 1 aliphatic heterocycles. The summed E-state index contributed by atoms with van der Waals surface area (Å²) in [5, 5.41) is 0. The number of rotatable bonds is 8. The van der Waals surface area contributed by atoms with Gasteiger partial charge in [-0.15, -0.1) is 13.2 Å². The van der Waals surface area contributed by atoms with Crippen molar-refractivity contribution in [1.29, 1.82) is 0 Å². The summed E-state index contributed by atoms with van der Waals surface area (Å²) in [5.41, 5.74) is 0. The Bertz CT molecular complexity index is 281. The minimum Gasteiger partial charge on any atom is -0.325 e. The molecule has 0 radical (unpaired) electrons. The maximum Gasteiger partial charge on any atom is 0.320 e. The van der Waals surface area contributed by atoms with Crippen LogP contribution in [0.5, 0.6) is 0 Å². The van der Waals surface area contributed by atoms with Gasteiger partial charge in [0.15, 0.2) is 0 Å². The second-order valence-corrected chi connectivity index (χ2v) is 4.54. The first-order valence-electron chi connectivity index (χ1n) is 6.71. The van der Waals surface area contributed by atoms with Gasteiger partial charge in [0, 0.05) is 45.8 Å². The molecule has 0 atom stereocenters. The van der Waals surface area contributed by atoms with Crippen molar-refractivity contribution in [2.75, 3.05) is 45.8 Å². The zero-order valence-electron chi connectivity index (χ0n) is 11.5. The van der Waals surface area contributed by atoms with Gasteiger partial charge in [0.05, 0.1) is 0 Å². The minimum atomic E-state index is 0.181. The Hall–Kier alpha value is -1.29. The van der Waals surface area contributed by atoms with E-state index in [4.69, 9.17) is 0 Å². The van der Waals surface area contributed by atoms with Gasteiger partial charge in [-0.25, -0.2) is 4.79 Å². The lowest BCUT2D eigenvalue weighted by atomic mass is 10.3. The number of hydrogen-bond donors (Lipinski definition) is 0. The van der Waals surface area contributed by atoms with Crippen LogP contribution in [-0.2, 0) is 0 Å². The molecule has 0 bridgehead atoms. The standard InChI is InChI=1S/C14H25N3O/c1-4-8-15(9-5-2)12-13-17-11-7-10-16(6-3)14(17)18/h4-5H,1-2,6-13H2,3H3. The molecule has 1 rings (SSSR count). The first-order valence-corrected chi connectivity index (χ1v) is 6.71. The van der Waals surface area contributed by atoms with E-state index in [1.54, 1.807) is 0 Å². The molecule has 4 heteroatoms. The Kier molecular flexibility index (Phi) is 6.50. The first kappa shape index (κ1) is 14.8. The molecule has 1 aliphatic rings. The second kappa shape index (κ2) is 7.93. The van der Waals surface area contributed by atoms with E-state index in [2.05, 4.69) is 18.1 Å². The number of carbonyl (C=O) groups is 1. The van der Waals surface area contributed by atoms with Crippen molar-refractivity contribution in [2.24, 2.45) is 0 Å². The van der Waals surface area contributed by atoms with Gasteiger partial charge in [-0.05, 0) is 13.3 Å². The Labute approximate surface area is 111 Å². The van der Waals surface area contributed by atoms with E-state index in [1.807, 2.05) is 28.9 Å². The summed E-state index contributed by atoms with van der Waals surface area (Å²) in [4.78, 5) is 18.2. The number of amides is 2. The molecular weight excluding hydrogens is 226 g/mol. The maximum atomic E-state index is 12.1. The van der Waals surface area contributed by atoms with Crippen molar-refractivity contribution in [2.45, 2.75) is 13.3 Å². The Morgan fingerprint density at radius 1 is 1.22 bits per heavy atom. The topological polar surface area (TPSA) is 26.8 Å². The smallest absolute Gasteiger partial charge is 0.320 e. The highest BCUT2D eigenvalue weighted by Crippen LogP contribution is 2.08. The number of urea groups is 1. The van der Waals surface area contributed by atoms with Crippen LogP contribution in [0.15, 0.2) is 25.3 Å². The van der Waals surface area contributed by atoms with Crippen molar-refractivity contribution in [3.63, 3.8) is 0 Å². The fraction of sp³-hybridized carbons (Fsp3) is 0.643. The predicted octanol–water partition coefficient (Wildman–Crippen LogP) is 1.81. The van der Waals surface area contributed by atoms with Crippen LogP contribution >= 0.6 is 0 Å². The van der Waals surface area contributed by atoms with Crippen LogP contribution in [0.25, 0.3) is 0 Å². The summed E-state index contributed by atoms with van der Waals surface area (Å²) in [6, 6.07) is 0.181. The molecule has 18 heavy (non-hydrogen) atoms. The normalized spacial score (nSPS) is 16.2. The fourth-order valence-corrected chi connectivity index (χ4v) is 2.23. The maximum absolute atomic E-state index is 12.1. The van der Waals surface area contributed by atoms with Gasteiger partial charge in [-0.1, -0.05) is 12.2 Å². The predicted molar refractivity (Wildman–Crippen MR) is 75.7 cm³/mol. The average molecular weight is 251 g/mol. The number of nitrogens with zero attached hydrogens (tertiary/aromatic N) is 3. The summed E-state index contributed by atoms with van der Waals surface area (Å²) in [6.07, 6.45) is 4.85. The molecule has 4 nitrogen and oxygen atoms in total. The van der Waals surface area contributed by atoms with Crippen LogP contribution in [0.3, 0.4) is 0 Å². The zero-order valence-corrected chi connectivity index (χ0v) is 11.5. The van der Waals surface area contributed by atoms with Crippen molar-refractivity contribution in [3.05, 3.63) is 25.3 Å². The molecule has 102 valence electrons. The highest BCUT2D eigenvalue weighted by atomic mass is 16.2. The molecule has 0 aromatic carbocycles. The average Bonchev–Trinajstić information content (AvgIpc) is 2.38. The molecule has 1 fully saturated rings. The van der Waals surface area contributed by atoms with Gasteiger partial charge < -0.3 is 9.80 Å². The lowest BCUT2D eigenvalue weighted by Gasteiger charge is -2.36. The van der Waals surface area contributed by atoms with Crippen LogP contribution in [0.4, 0.5) is 4.79 Å². The Morgan fingerprint density at radius 2 is 1.83 bits per heavy atom. The largest absolute Gasteiger partial charge is 0.325 e. The van der Waals surface area contributed by atoms with Gasteiger partial charge in [-0.2, -0.15) is 0 Å². The molecule has 0 aromatic rings. The summed E-state index contributed by atoms with van der Waals surface area (Å²) in [7, 11) is 0. The van der Waals surface area contributed by atoms with E-state index in [9.17, 15) is 4.79 Å². The summed E-state index contributed by atoms with van der Waals surface area (Å²) < 4.78 is 0. The quantitative estimate of drug-likeness (QED) is 0.615. The summed E-state index contributed by atoms with van der Waals surface area (Å²) >= 11 is 0. The molecule has 1 heterocycles.